The van der Waals surface area contributed by atoms with E-state index in [1.165, 1.54) is 0 Å². The van der Waals surface area contributed by atoms with Crippen molar-refractivity contribution in [2.45, 2.75) is 18.9 Å². The molecule has 1 fully saturated rings. The topological polar surface area (TPSA) is 21.3 Å². The zero-order valence-electron chi connectivity index (χ0n) is 6.76. The van der Waals surface area contributed by atoms with Gasteiger partial charge < -0.3 is 10.1 Å². The number of allylic oxidation sites excluding steroid dienone is 2. The van der Waals surface area contributed by atoms with E-state index in [9.17, 15) is 0 Å². The molecule has 0 aromatic rings. The molecule has 1 aliphatic carbocycles. The van der Waals surface area contributed by atoms with E-state index in [0.29, 0.717) is 0 Å². The predicted octanol–water partition coefficient (Wildman–Crippen LogP) is 1.21. The summed E-state index contributed by atoms with van der Waals surface area (Å²) in [7, 11) is 0. The Bertz CT molecular complexity index is 220. The van der Waals surface area contributed by atoms with Crippen LogP contribution >= 0.6 is 0 Å². The number of hydrogen-bond acceptors (Lipinski definition) is 2. The third-order valence-corrected chi connectivity index (χ3v) is 2.33. The fourth-order valence-electron chi connectivity index (χ4n) is 1.60. The lowest BCUT2D eigenvalue weighted by atomic mass is 9.90. The Balaban J connectivity index is 2.26. The highest BCUT2D eigenvalue weighted by molar-refractivity contribution is 5.26. The molecule has 0 aromatic carbocycles. The molecular weight excluding hydrogens is 138 g/mol. The van der Waals surface area contributed by atoms with Gasteiger partial charge in [-0.2, -0.15) is 0 Å². The van der Waals surface area contributed by atoms with E-state index in [0.717, 1.165) is 25.3 Å². The monoisotopic (exact) mass is 151 g/mol. The van der Waals surface area contributed by atoms with Gasteiger partial charge in [-0.15, -0.1) is 0 Å². The molecule has 0 bridgehead atoms. The average Bonchev–Trinajstić information content (AvgIpc) is 2.03. The molecule has 2 rings (SSSR count). The number of rotatable bonds is 0. The molecule has 2 aliphatic rings. The molecule has 11 heavy (non-hydrogen) atoms. The van der Waals surface area contributed by atoms with Crippen LogP contribution < -0.4 is 5.32 Å². The smallest absolute Gasteiger partial charge is 0.116 e. The van der Waals surface area contributed by atoms with E-state index in [1.54, 1.807) is 0 Å². The first-order valence-corrected chi connectivity index (χ1v) is 4.06. The van der Waals surface area contributed by atoms with Crippen LogP contribution in [-0.2, 0) is 4.74 Å². The minimum Gasteiger partial charge on any atom is -0.495 e. The summed E-state index contributed by atoms with van der Waals surface area (Å²) in [5.41, 5.74) is 0.0764. The summed E-state index contributed by atoms with van der Waals surface area (Å²) in [6.07, 6.45) is 7.32. The Morgan fingerprint density at radius 2 is 2.55 bits per heavy atom. The minimum atomic E-state index is 0.0764. The third-order valence-electron chi connectivity index (χ3n) is 2.33. The van der Waals surface area contributed by atoms with E-state index in [-0.39, 0.29) is 5.54 Å². The zero-order valence-corrected chi connectivity index (χ0v) is 6.76. The van der Waals surface area contributed by atoms with Crippen LogP contribution in [-0.4, -0.2) is 18.7 Å². The summed E-state index contributed by atoms with van der Waals surface area (Å²) in [6.45, 7) is 3.94. The number of ether oxygens (including phenoxy) is 1. The Morgan fingerprint density at radius 3 is 3.36 bits per heavy atom. The SMILES string of the molecule is CC12CC=CC=C1OCCN2. The molecule has 60 valence electrons. The summed E-state index contributed by atoms with van der Waals surface area (Å²) in [6, 6.07) is 0. The van der Waals surface area contributed by atoms with Gasteiger partial charge in [-0.3, -0.25) is 0 Å². The summed E-state index contributed by atoms with van der Waals surface area (Å²) in [5.74, 6) is 1.09. The third kappa shape index (κ3) is 1.07. The Labute approximate surface area is 66.9 Å². The van der Waals surface area contributed by atoms with Gasteiger partial charge in [-0.25, -0.2) is 0 Å². The van der Waals surface area contributed by atoms with E-state index >= 15 is 0 Å². The van der Waals surface area contributed by atoms with Crippen LogP contribution in [0.2, 0.25) is 0 Å². The molecule has 0 saturated carbocycles. The van der Waals surface area contributed by atoms with Gasteiger partial charge in [0.2, 0.25) is 0 Å². The zero-order chi connectivity index (χ0) is 7.73. The Morgan fingerprint density at radius 1 is 1.64 bits per heavy atom. The number of hydrogen-bond donors (Lipinski definition) is 1. The standard InChI is InChI=1S/C9H13NO/c1-9-5-3-2-4-8(9)11-7-6-10-9/h2-4,10H,5-7H2,1H3. The molecule has 0 spiro atoms. The highest BCUT2D eigenvalue weighted by atomic mass is 16.5. The van der Waals surface area contributed by atoms with Gasteiger partial charge in [0.25, 0.3) is 0 Å². The van der Waals surface area contributed by atoms with Gasteiger partial charge in [0.15, 0.2) is 0 Å². The molecule has 1 N–H and O–H groups in total. The normalized spacial score (nSPS) is 35.5. The van der Waals surface area contributed by atoms with Crippen LogP contribution in [0.3, 0.4) is 0 Å². The summed E-state index contributed by atoms with van der Waals surface area (Å²) >= 11 is 0. The lowest BCUT2D eigenvalue weighted by molar-refractivity contribution is 0.107. The van der Waals surface area contributed by atoms with Crippen LogP contribution in [0, 0.1) is 0 Å². The fraction of sp³-hybridized carbons (Fsp3) is 0.556. The highest BCUT2D eigenvalue weighted by Gasteiger charge is 2.32. The molecule has 1 atom stereocenters. The molecular formula is C9H13NO. The summed E-state index contributed by atoms with van der Waals surface area (Å²) in [4.78, 5) is 0. The van der Waals surface area contributed by atoms with Crippen molar-refractivity contribution in [2.75, 3.05) is 13.2 Å². The number of nitrogens with one attached hydrogen (secondary N) is 1. The van der Waals surface area contributed by atoms with Crippen molar-refractivity contribution in [3.8, 4) is 0 Å². The van der Waals surface area contributed by atoms with Crippen LogP contribution in [0.4, 0.5) is 0 Å². The van der Waals surface area contributed by atoms with Crippen LogP contribution in [0.15, 0.2) is 24.0 Å². The van der Waals surface area contributed by atoms with Gasteiger partial charge in [-0.05, 0) is 19.4 Å². The first-order valence-electron chi connectivity index (χ1n) is 4.06. The molecule has 1 aliphatic heterocycles. The van der Waals surface area contributed by atoms with Crippen molar-refractivity contribution in [3.63, 3.8) is 0 Å². The van der Waals surface area contributed by atoms with Crippen molar-refractivity contribution in [1.82, 2.24) is 5.32 Å². The van der Waals surface area contributed by atoms with E-state index in [4.69, 9.17) is 4.74 Å². The first kappa shape index (κ1) is 6.92. The van der Waals surface area contributed by atoms with Crippen molar-refractivity contribution in [3.05, 3.63) is 24.0 Å². The molecule has 0 amide bonds. The second kappa shape index (κ2) is 2.38. The second-order valence-electron chi connectivity index (χ2n) is 3.27. The molecule has 0 radical (unpaired) electrons. The number of fused-ring (bicyclic) bond motifs is 1. The van der Waals surface area contributed by atoms with E-state index < -0.39 is 0 Å². The molecule has 0 aromatic heterocycles. The molecule has 1 heterocycles. The molecule has 1 unspecified atom stereocenters. The average molecular weight is 151 g/mol. The molecule has 2 nitrogen and oxygen atoms in total. The van der Waals surface area contributed by atoms with Gasteiger partial charge >= 0.3 is 0 Å². The van der Waals surface area contributed by atoms with Crippen molar-refractivity contribution in [1.29, 1.82) is 0 Å². The van der Waals surface area contributed by atoms with Crippen LogP contribution in [0.25, 0.3) is 0 Å². The maximum atomic E-state index is 5.53. The lowest BCUT2D eigenvalue weighted by Gasteiger charge is -2.37. The van der Waals surface area contributed by atoms with E-state index in [2.05, 4.69) is 30.5 Å². The summed E-state index contributed by atoms with van der Waals surface area (Å²) < 4.78 is 5.53. The van der Waals surface area contributed by atoms with Gasteiger partial charge in [-0.1, -0.05) is 12.2 Å². The van der Waals surface area contributed by atoms with Crippen molar-refractivity contribution >= 4 is 0 Å². The highest BCUT2D eigenvalue weighted by Crippen LogP contribution is 2.27. The number of morpholine rings is 1. The lowest BCUT2D eigenvalue weighted by Crippen LogP contribution is -2.50. The van der Waals surface area contributed by atoms with Crippen LogP contribution in [0.1, 0.15) is 13.3 Å². The van der Waals surface area contributed by atoms with Crippen LogP contribution in [0.5, 0.6) is 0 Å². The Hall–Kier alpha value is -0.760. The van der Waals surface area contributed by atoms with Crippen molar-refractivity contribution < 1.29 is 4.74 Å². The second-order valence-corrected chi connectivity index (χ2v) is 3.27. The molecule has 1 saturated heterocycles. The maximum absolute atomic E-state index is 5.53. The maximum Gasteiger partial charge on any atom is 0.116 e. The fourth-order valence-corrected chi connectivity index (χ4v) is 1.60. The first-order chi connectivity index (χ1) is 5.31. The van der Waals surface area contributed by atoms with Gasteiger partial charge in [0, 0.05) is 6.54 Å². The largest absolute Gasteiger partial charge is 0.495 e. The van der Waals surface area contributed by atoms with E-state index in [1.807, 2.05) is 0 Å². The minimum absolute atomic E-state index is 0.0764. The van der Waals surface area contributed by atoms with Crippen molar-refractivity contribution in [2.24, 2.45) is 0 Å². The Kier molecular flexibility index (Phi) is 1.50. The predicted molar refractivity (Wildman–Crippen MR) is 44.2 cm³/mol. The quantitative estimate of drug-likeness (QED) is 0.562. The van der Waals surface area contributed by atoms with Gasteiger partial charge in [0.1, 0.15) is 12.4 Å². The molecule has 2 heteroatoms. The summed E-state index contributed by atoms with van der Waals surface area (Å²) in [5, 5.41) is 3.45. The van der Waals surface area contributed by atoms with Gasteiger partial charge in [0.05, 0.1) is 5.54 Å².